The summed E-state index contributed by atoms with van der Waals surface area (Å²) in [6.07, 6.45) is 0.341. The topological polar surface area (TPSA) is 221 Å². The molecule has 16 heteroatoms. The van der Waals surface area contributed by atoms with Crippen molar-refractivity contribution in [1.82, 2.24) is 15.6 Å². The van der Waals surface area contributed by atoms with Crippen LogP contribution < -0.4 is 21.3 Å². The number of nitrogens with zero attached hydrogens (tertiary/aromatic N) is 1. The number of halogens is 1. The minimum atomic E-state index is -5.02. The monoisotopic (exact) mass is 775 g/mol. The summed E-state index contributed by atoms with van der Waals surface area (Å²) < 4.78 is 32.2. The average Bonchev–Trinajstić information content (AvgIpc) is 3.71. The number of carbonyl (C=O) groups excluding carboxylic acids is 5. The zero-order valence-electron chi connectivity index (χ0n) is 30.5. The second-order valence-corrected chi connectivity index (χ2v) is 15.9. The lowest BCUT2D eigenvalue weighted by Crippen LogP contribution is -2.56. The van der Waals surface area contributed by atoms with E-state index in [1.807, 2.05) is 32.0 Å². The highest BCUT2D eigenvalue weighted by atomic mass is 31.2. The van der Waals surface area contributed by atoms with Crippen LogP contribution in [0.1, 0.15) is 89.1 Å². The number of fused-ring (bicyclic) bond motifs is 1. The van der Waals surface area contributed by atoms with Crippen LogP contribution in [0.4, 0.5) is 10.1 Å². The standard InChI is InChI=1S/C39H43FN5O9P/c1-20(2)27-10-7-22(15-28(27)40)19-54-21(3)29(13-14-34(41)46)43-37(48)33-18-24-6-4-5-23-8-12-31(38(49)45(33)35(23)24)44-36(47)32-17-26-16-25(9-11-30(26)42-32)39(50)55(51,52)53/h4-7,9-11,15-17,20-21,29,31,33,42H,8,12-14,18-19H2,1-3H3,(H2,41,46)(H,43,48)(H,44,47)(H2,51,52,53)/t21-,29+,31+,33+/m1/s1. The summed E-state index contributed by atoms with van der Waals surface area (Å²) in [5.74, 6) is -2.52. The first-order valence-corrected chi connectivity index (χ1v) is 19.6. The van der Waals surface area contributed by atoms with Gasteiger partial charge < -0.3 is 35.9 Å². The van der Waals surface area contributed by atoms with E-state index >= 15 is 0 Å². The Labute approximate surface area is 316 Å². The van der Waals surface area contributed by atoms with Gasteiger partial charge in [-0.2, -0.15) is 0 Å². The molecule has 2 aliphatic rings. The molecular weight excluding hydrogens is 732 g/mol. The fraction of sp³-hybridized carbons (Fsp3) is 0.359. The Balaban J connectivity index is 1.19. The number of nitrogens with two attached hydrogens (primary N) is 1. The highest BCUT2D eigenvalue weighted by Gasteiger charge is 2.44. The third-order valence-corrected chi connectivity index (χ3v) is 11.0. The van der Waals surface area contributed by atoms with E-state index in [0.717, 1.165) is 11.1 Å². The Morgan fingerprint density at radius 2 is 1.80 bits per heavy atom. The number of nitrogens with one attached hydrogen (secondary N) is 3. The lowest BCUT2D eigenvalue weighted by atomic mass is 10.0. The van der Waals surface area contributed by atoms with Gasteiger partial charge >= 0.3 is 7.60 Å². The van der Waals surface area contributed by atoms with Crippen molar-refractivity contribution in [2.75, 3.05) is 4.90 Å². The number of aromatic amines is 1. The van der Waals surface area contributed by atoms with Crippen LogP contribution in [0.15, 0.2) is 60.7 Å². The number of anilines is 1. The molecule has 4 aromatic rings. The second kappa shape index (κ2) is 15.9. The third kappa shape index (κ3) is 8.55. The zero-order chi connectivity index (χ0) is 39.8. The summed E-state index contributed by atoms with van der Waals surface area (Å²) in [5, 5.41) is 6.12. The minimum absolute atomic E-state index is 0.0109. The van der Waals surface area contributed by atoms with E-state index in [2.05, 4.69) is 15.6 Å². The van der Waals surface area contributed by atoms with Crippen molar-refractivity contribution in [1.29, 1.82) is 0 Å². The number of primary amides is 1. The minimum Gasteiger partial charge on any atom is -0.372 e. The number of amides is 4. The van der Waals surface area contributed by atoms with Crippen molar-refractivity contribution in [2.45, 2.75) is 89.6 Å². The number of hydrogen-bond donors (Lipinski definition) is 6. The molecule has 55 heavy (non-hydrogen) atoms. The van der Waals surface area contributed by atoms with Crippen LogP contribution >= 0.6 is 7.60 Å². The van der Waals surface area contributed by atoms with Crippen LogP contribution in [0.25, 0.3) is 10.9 Å². The quantitative estimate of drug-likeness (QED) is 0.101. The first-order chi connectivity index (χ1) is 26.0. The predicted octanol–water partition coefficient (Wildman–Crippen LogP) is 4.11. The van der Waals surface area contributed by atoms with Crippen molar-refractivity contribution in [2.24, 2.45) is 5.73 Å². The molecule has 6 rings (SSSR count). The second-order valence-electron chi connectivity index (χ2n) is 14.4. The molecule has 0 bridgehead atoms. The summed E-state index contributed by atoms with van der Waals surface area (Å²) in [4.78, 5) is 88.9. The first-order valence-electron chi connectivity index (χ1n) is 18.0. The normalized spacial score (nSPS) is 17.8. The van der Waals surface area contributed by atoms with E-state index in [4.69, 9.17) is 10.5 Å². The lowest BCUT2D eigenvalue weighted by molar-refractivity contribution is -0.128. The molecular formula is C39H43FN5O9P. The summed E-state index contributed by atoms with van der Waals surface area (Å²) in [7, 11) is -5.02. The smallest absolute Gasteiger partial charge is 0.372 e. The molecule has 0 fully saturated rings. The Bertz CT molecular complexity index is 2230. The number of ether oxygens (including phenoxy) is 1. The maximum atomic E-state index is 14.7. The number of hydrogen-bond acceptors (Lipinski definition) is 7. The molecule has 4 amide bonds. The summed E-state index contributed by atoms with van der Waals surface area (Å²) in [6.45, 7) is 5.58. The predicted molar refractivity (Wildman–Crippen MR) is 201 cm³/mol. The molecule has 4 atom stereocenters. The summed E-state index contributed by atoms with van der Waals surface area (Å²) >= 11 is 0. The lowest BCUT2D eigenvalue weighted by Gasteiger charge is -2.31. The number of rotatable bonds is 14. The molecule has 2 aliphatic heterocycles. The van der Waals surface area contributed by atoms with Gasteiger partial charge in [0.2, 0.25) is 17.7 Å². The van der Waals surface area contributed by atoms with Gasteiger partial charge in [0.25, 0.3) is 11.4 Å². The van der Waals surface area contributed by atoms with Gasteiger partial charge in [0, 0.05) is 29.3 Å². The molecule has 0 saturated heterocycles. The maximum Gasteiger partial charge on any atom is 0.396 e. The SMILES string of the molecule is CC(C)c1ccc(CO[C@H](C)[C@H](CCC(N)=O)NC(=O)[C@@H]2Cc3cccc4c3N2C(=O)[C@@H](NC(=O)c2cc3cc(C(=O)P(=O)(O)O)ccc3[nH]2)CC4)cc1F. The van der Waals surface area contributed by atoms with Crippen LogP contribution in [-0.4, -0.2) is 68.2 Å². The highest BCUT2D eigenvalue weighted by molar-refractivity contribution is 7.70. The molecule has 0 aliphatic carbocycles. The largest absolute Gasteiger partial charge is 0.396 e. The fourth-order valence-corrected chi connectivity index (χ4v) is 7.72. The number of aromatic nitrogens is 1. The molecule has 0 saturated carbocycles. The van der Waals surface area contributed by atoms with Crippen LogP contribution in [0.2, 0.25) is 0 Å². The average molecular weight is 776 g/mol. The van der Waals surface area contributed by atoms with E-state index in [1.165, 1.54) is 35.2 Å². The van der Waals surface area contributed by atoms with Crippen molar-refractivity contribution in [3.8, 4) is 0 Å². The molecule has 0 spiro atoms. The summed E-state index contributed by atoms with van der Waals surface area (Å²) in [6, 6.07) is 13.1. The van der Waals surface area contributed by atoms with Crippen LogP contribution in [0, 0.1) is 5.82 Å². The van der Waals surface area contributed by atoms with Crippen molar-refractivity contribution in [3.63, 3.8) is 0 Å². The maximum absolute atomic E-state index is 14.7. The van der Waals surface area contributed by atoms with Crippen LogP contribution in [0.5, 0.6) is 0 Å². The van der Waals surface area contributed by atoms with Gasteiger partial charge in [0.05, 0.1) is 24.4 Å². The Kier molecular flexibility index (Phi) is 11.4. The van der Waals surface area contributed by atoms with Crippen LogP contribution in [0.3, 0.4) is 0 Å². The van der Waals surface area contributed by atoms with Crippen molar-refractivity contribution in [3.05, 3.63) is 100.0 Å². The Morgan fingerprint density at radius 1 is 1.05 bits per heavy atom. The molecule has 290 valence electrons. The number of para-hydroxylation sites is 1. The highest BCUT2D eigenvalue weighted by Crippen LogP contribution is 2.40. The Hall–Kier alpha value is -5.21. The van der Waals surface area contributed by atoms with Crippen molar-refractivity contribution < 1.29 is 47.5 Å². The van der Waals surface area contributed by atoms with E-state index in [0.29, 0.717) is 34.1 Å². The molecule has 1 aromatic heterocycles. The third-order valence-electron chi connectivity index (χ3n) is 10.2. The number of benzene rings is 3. The molecule has 0 radical (unpaired) electrons. The molecule has 14 nitrogen and oxygen atoms in total. The number of aryl methyl sites for hydroxylation is 1. The number of carbonyl (C=O) groups is 5. The summed E-state index contributed by atoms with van der Waals surface area (Å²) in [5.41, 5.74) is 7.79. The Morgan fingerprint density at radius 3 is 2.49 bits per heavy atom. The van der Waals surface area contributed by atoms with Crippen molar-refractivity contribution >= 4 is 53.3 Å². The van der Waals surface area contributed by atoms with Gasteiger partial charge in [-0.25, -0.2) is 4.39 Å². The van der Waals surface area contributed by atoms with Gasteiger partial charge in [-0.05, 0) is 84.7 Å². The molecule has 3 heterocycles. The van der Waals surface area contributed by atoms with Gasteiger partial charge in [-0.3, -0.25) is 33.4 Å². The van der Waals surface area contributed by atoms with E-state index in [-0.39, 0.29) is 55.3 Å². The first kappa shape index (κ1) is 39.5. The van der Waals surface area contributed by atoms with Gasteiger partial charge in [0.1, 0.15) is 23.6 Å². The molecule has 7 N–H and O–H groups in total. The van der Waals surface area contributed by atoms with Crippen LogP contribution in [-0.2, 0) is 43.1 Å². The zero-order valence-corrected chi connectivity index (χ0v) is 31.4. The van der Waals surface area contributed by atoms with Gasteiger partial charge in [-0.15, -0.1) is 0 Å². The van der Waals surface area contributed by atoms with Gasteiger partial charge in [-0.1, -0.05) is 44.2 Å². The molecule has 0 unspecified atom stereocenters. The fourth-order valence-electron chi connectivity index (χ4n) is 7.24. The van der Waals surface area contributed by atoms with E-state index in [9.17, 15) is 42.7 Å². The van der Waals surface area contributed by atoms with Gasteiger partial charge in [0.15, 0.2) is 0 Å². The number of H-pyrrole nitrogens is 1. The molecule has 3 aromatic carbocycles. The van der Waals surface area contributed by atoms with E-state index in [1.54, 1.807) is 19.1 Å². The van der Waals surface area contributed by atoms with E-state index < -0.39 is 61.0 Å².